The molecule has 2 heterocycles. The summed E-state index contributed by atoms with van der Waals surface area (Å²) in [6, 6.07) is 3.77. The zero-order chi connectivity index (χ0) is 24.3. The number of thioether (sulfide) groups is 2. The van der Waals surface area contributed by atoms with Gasteiger partial charge in [-0.25, -0.2) is 4.98 Å². The number of carbonyl (C=O) groups excluding carboxylic acids is 2. The standard InChI is InChI=1S/C11H14ClNO2S.C10H11Cl2NO2S/c1-7-6-9(11(12)8(2)13-7)16-5-4-10(14)15-3;1-6-5-7(9(11)10(12)13-6)16-4-3-8(14)15-2/h6H,4-5H2,1-3H3;5H,3-4H2,1-2H3. The van der Waals surface area contributed by atoms with Crippen molar-refractivity contribution in [1.82, 2.24) is 9.97 Å². The van der Waals surface area contributed by atoms with Crippen LogP contribution in [-0.2, 0) is 19.1 Å². The van der Waals surface area contributed by atoms with Gasteiger partial charge in [-0.1, -0.05) is 34.8 Å². The average Bonchev–Trinajstić information content (AvgIpc) is 2.74. The number of esters is 2. The zero-order valence-corrected chi connectivity index (χ0v) is 22.4. The third-order valence-electron chi connectivity index (χ3n) is 3.81. The second-order valence-electron chi connectivity index (χ2n) is 6.38. The lowest BCUT2D eigenvalue weighted by Crippen LogP contribution is -2.01. The Kier molecular flexibility index (Phi) is 13.4. The van der Waals surface area contributed by atoms with Crippen LogP contribution < -0.4 is 0 Å². The molecule has 32 heavy (non-hydrogen) atoms. The Morgan fingerprint density at radius 3 is 1.72 bits per heavy atom. The van der Waals surface area contributed by atoms with Gasteiger partial charge in [0.1, 0.15) is 5.15 Å². The third-order valence-corrected chi connectivity index (χ3v) is 7.35. The number of aryl methyl sites for hydroxylation is 3. The highest BCUT2D eigenvalue weighted by atomic mass is 35.5. The van der Waals surface area contributed by atoms with E-state index < -0.39 is 0 Å². The minimum Gasteiger partial charge on any atom is -0.469 e. The van der Waals surface area contributed by atoms with Crippen molar-refractivity contribution in [2.75, 3.05) is 25.7 Å². The number of hydrogen-bond acceptors (Lipinski definition) is 8. The van der Waals surface area contributed by atoms with E-state index in [2.05, 4.69) is 19.4 Å². The highest BCUT2D eigenvalue weighted by Gasteiger charge is 2.10. The van der Waals surface area contributed by atoms with E-state index in [-0.39, 0.29) is 11.9 Å². The van der Waals surface area contributed by atoms with Crippen molar-refractivity contribution in [3.8, 4) is 0 Å². The van der Waals surface area contributed by atoms with Crippen molar-refractivity contribution in [2.24, 2.45) is 0 Å². The van der Waals surface area contributed by atoms with Crippen LogP contribution in [0.15, 0.2) is 21.9 Å². The normalized spacial score (nSPS) is 10.2. The maximum absolute atomic E-state index is 10.9. The molecule has 0 saturated carbocycles. The molecule has 176 valence electrons. The predicted octanol–water partition coefficient (Wildman–Crippen LogP) is 6.36. The zero-order valence-electron chi connectivity index (χ0n) is 18.5. The number of rotatable bonds is 8. The van der Waals surface area contributed by atoms with E-state index in [0.29, 0.717) is 39.5 Å². The van der Waals surface area contributed by atoms with Crippen LogP contribution in [0, 0.1) is 20.8 Å². The van der Waals surface area contributed by atoms with Crippen molar-refractivity contribution in [3.05, 3.63) is 44.4 Å². The number of aromatic nitrogens is 2. The Hall–Kier alpha value is -1.19. The summed E-state index contributed by atoms with van der Waals surface area (Å²) < 4.78 is 9.11. The summed E-state index contributed by atoms with van der Waals surface area (Å²) in [5, 5.41) is 1.39. The highest BCUT2D eigenvalue weighted by molar-refractivity contribution is 7.99. The number of halogens is 3. The molecule has 0 spiro atoms. The minimum atomic E-state index is -0.236. The van der Waals surface area contributed by atoms with Crippen molar-refractivity contribution >= 4 is 70.3 Å². The first-order chi connectivity index (χ1) is 15.1. The summed E-state index contributed by atoms with van der Waals surface area (Å²) in [5.74, 6) is 0.827. The Labute approximate surface area is 212 Å². The number of ether oxygens (including phenoxy) is 2. The van der Waals surface area contributed by atoms with Crippen LogP contribution in [-0.4, -0.2) is 47.6 Å². The molecular formula is C21H25Cl3N2O4S2. The van der Waals surface area contributed by atoms with Gasteiger partial charge in [0.15, 0.2) is 0 Å². The van der Waals surface area contributed by atoms with Gasteiger partial charge >= 0.3 is 11.9 Å². The second kappa shape index (κ2) is 14.9. The fourth-order valence-electron chi connectivity index (χ4n) is 2.27. The van der Waals surface area contributed by atoms with Gasteiger partial charge in [-0.15, -0.1) is 23.5 Å². The van der Waals surface area contributed by atoms with Gasteiger partial charge in [-0.05, 0) is 32.9 Å². The molecular weight excluding hydrogens is 515 g/mol. The SMILES string of the molecule is COC(=O)CCSc1cc(C)nc(C)c1Cl.COC(=O)CCSc1cc(C)nc(Cl)c1Cl. The molecule has 2 aromatic rings. The fraction of sp³-hybridized carbons (Fsp3) is 0.429. The van der Waals surface area contributed by atoms with E-state index in [1.54, 1.807) is 11.8 Å². The lowest BCUT2D eigenvalue weighted by atomic mass is 10.3. The van der Waals surface area contributed by atoms with Gasteiger partial charge in [-0.2, -0.15) is 0 Å². The van der Waals surface area contributed by atoms with Crippen LogP contribution in [0.3, 0.4) is 0 Å². The Bertz CT molecular complexity index is 870. The van der Waals surface area contributed by atoms with Gasteiger partial charge in [-0.3, -0.25) is 14.6 Å². The summed E-state index contributed by atoms with van der Waals surface area (Å²) in [4.78, 5) is 31.9. The monoisotopic (exact) mass is 538 g/mol. The molecule has 0 aliphatic carbocycles. The van der Waals surface area contributed by atoms with Crippen molar-refractivity contribution < 1.29 is 19.1 Å². The van der Waals surface area contributed by atoms with Crippen LogP contribution in [0.1, 0.15) is 29.9 Å². The summed E-state index contributed by atoms with van der Waals surface area (Å²) >= 11 is 20.9. The van der Waals surface area contributed by atoms with Crippen LogP contribution in [0.5, 0.6) is 0 Å². The van der Waals surface area contributed by atoms with E-state index in [0.717, 1.165) is 26.9 Å². The predicted molar refractivity (Wildman–Crippen MR) is 132 cm³/mol. The van der Waals surface area contributed by atoms with Crippen molar-refractivity contribution in [3.63, 3.8) is 0 Å². The van der Waals surface area contributed by atoms with Crippen LogP contribution in [0.4, 0.5) is 0 Å². The largest absolute Gasteiger partial charge is 0.469 e. The fourth-order valence-corrected chi connectivity index (χ4v) is 5.07. The van der Waals surface area contributed by atoms with Crippen LogP contribution in [0.25, 0.3) is 0 Å². The summed E-state index contributed by atoms with van der Waals surface area (Å²) in [7, 11) is 2.76. The molecule has 2 aromatic heterocycles. The molecule has 0 radical (unpaired) electrons. The molecule has 0 bridgehead atoms. The van der Waals surface area contributed by atoms with Crippen LogP contribution in [0.2, 0.25) is 15.2 Å². The molecule has 0 unspecified atom stereocenters. The van der Waals surface area contributed by atoms with E-state index in [1.165, 1.54) is 26.0 Å². The molecule has 2 rings (SSSR count). The molecule has 0 amide bonds. The Morgan fingerprint density at radius 2 is 1.25 bits per heavy atom. The number of hydrogen-bond donors (Lipinski definition) is 0. The number of nitrogens with zero attached hydrogens (tertiary/aromatic N) is 2. The lowest BCUT2D eigenvalue weighted by molar-refractivity contribution is -0.141. The molecule has 0 aliphatic rings. The number of pyridine rings is 2. The van der Waals surface area contributed by atoms with Gasteiger partial charge in [0.2, 0.25) is 0 Å². The van der Waals surface area contributed by atoms with Gasteiger partial charge in [0.25, 0.3) is 0 Å². The lowest BCUT2D eigenvalue weighted by Gasteiger charge is -2.07. The summed E-state index contributed by atoms with van der Waals surface area (Å²) in [5.41, 5.74) is 2.56. The van der Waals surface area contributed by atoms with Crippen molar-refractivity contribution in [1.29, 1.82) is 0 Å². The second-order valence-corrected chi connectivity index (χ2v) is 9.76. The first kappa shape index (κ1) is 28.8. The molecule has 0 saturated heterocycles. The van der Waals surface area contributed by atoms with Gasteiger partial charge in [0, 0.05) is 32.7 Å². The minimum absolute atomic E-state index is 0.203. The van der Waals surface area contributed by atoms with Gasteiger partial charge < -0.3 is 9.47 Å². The third kappa shape index (κ3) is 10.2. The van der Waals surface area contributed by atoms with Crippen LogP contribution >= 0.6 is 58.3 Å². The molecule has 0 fully saturated rings. The quantitative estimate of drug-likeness (QED) is 0.218. The molecule has 0 atom stereocenters. The van der Waals surface area contributed by atoms with Crippen molar-refractivity contribution in [2.45, 2.75) is 43.4 Å². The van der Waals surface area contributed by atoms with E-state index in [1.807, 2.05) is 32.9 Å². The number of carbonyl (C=O) groups is 2. The Morgan fingerprint density at radius 1 is 0.812 bits per heavy atom. The first-order valence-corrected chi connectivity index (χ1v) is 12.5. The van der Waals surface area contributed by atoms with E-state index in [4.69, 9.17) is 34.8 Å². The summed E-state index contributed by atoms with van der Waals surface area (Å²) in [6.45, 7) is 5.64. The molecule has 0 N–H and O–H groups in total. The van der Waals surface area contributed by atoms with E-state index in [9.17, 15) is 9.59 Å². The molecule has 11 heteroatoms. The smallest absolute Gasteiger partial charge is 0.306 e. The maximum atomic E-state index is 10.9. The maximum Gasteiger partial charge on any atom is 0.306 e. The van der Waals surface area contributed by atoms with E-state index >= 15 is 0 Å². The van der Waals surface area contributed by atoms with Gasteiger partial charge in [0.05, 0.1) is 42.8 Å². The number of methoxy groups -OCH3 is 2. The molecule has 6 nitrogen and oxygen atoms in total. The Balaban J connectivity index is 0.000000320. The average molecular weight is 540 g/mol. The summed E-state index contributed by atoms with van der Waals surface area (Å²) in [6.07, 6.45) is 0.731. The highest BCUT2D eigenvalue weighted by Crippen LogP contribution is 2.33. The molecule has 0 aliphatic heterocycles. The first-order valence-electron chi connectivity index (χ1n) is 9.44. The molecule has 0 aromatic carbocycles. The topological polar surface area (TPSA) is 78.4 Å².